The van der Waals surface area contributed by atoms with E-state index in [0.717, 1.165) is 44.2 Å². The van der Waals surface area contributed by atoms with Gasteiger partial charge in [-0.3, -0.25) is 14.6 Å². The van der Waals surface area contributed by atoms with Gasteiger partial charge in [0.15, 0.2) is 0 Å². The van der Waals surface area contributed by atoms with Gasteiger partial charge in [0.2, 0.25) is 5.91 Å². The molecule has 2 aliphatic heterocycles. The molecule has 0 radical (unpaired) electrons. The average Bonchev–Trinajstić information content (AvgIpc) is 3.47. The quantitative estimate of drug-likeness (QED) is 0.819. The highest BCUT2D eigenvalue weighted by atomic mass is 16.5. The Hall–Kier alpha value is -1.95. The fourth-order valence-corrected chi connectivity index (χ4v) is 4.65. The van der Waals surface area contributed by atoms with Crippen molar-refractivity contribution in [3.63, 3.8) is 0 Å². The minimum absolute atomic E-state index is 0.0491. The van der Waals surface area contributed by atoms with Crippen LogP contribution in [0.2, 0.25) is 0 Å². The summed E-state index contributed by atoms with van der Waals surface area (Å²) in [6.45, 7) is 5.71. The minimum atomic E-state index is -0.187. The van der Waals surface area contributed by atoms with Gasteiger partial charge in [0.1, 0.15) is 0 Å². The van der Waals surface area contributed by atoms with Crippen LogP contribution in [-0.4, -0.2) is 64.0 Å². The Bertz CT molecular complexity index is 706. The van der Waals surface area contributed by atoms with Gasteiger partial charge in [-0.1, -0.05) is 0 Å². The third kappa shape index (κ3) is 3.86. The molecule has 1 saturated carbocycles. The van der Waals surface area contributed by atoms with Crippen molar-refractivity contribution in [2.24, 2.45) is 0 Å². The predicted molar refractivity (Wildman–Crippen MR) is 101 cm³/mol. The van der Waals surface area contributed by atoms with Gasteiger partial charge in [-0.05, 0) is 57.6 Å². The van der Waals surface area contributed by atoms with Crippen LogP contribution >= 0.6 is 0 Å². The molecule has 1 aliphatic carbocycles. The van der Waals surface area contributed by atoms with Crippen molar-refractivity contribution in [1.29, 1.82) is 0 Å². The van der Waals surface area contributed by atoms with Gasteiger partial charge in [0.25, 0.3) is 5.91 Å². The highest BCUT2D eigenvalue weighted by molar-refractivity contribution is 5.94. The van der Waals surface area contributed by atoms with Crippen LogP contribution < -0.4 is 0 Å². The Morgan fingerprint density at radius 3 is 2.52 bits per heavy atom. The normalized spacial score (nSPS) is 24.7. The molecule has 1 aromatic rings. The van der Waals surface area contributed by atoms with E-state index < -0.39 is 0 Å². The zero-order chi connectivity index (χ0) is 19.0. The number of carbonyl (C=O) groups is 2. The Morgan fingerprint density at radius 1 is 1.19 bits per heavy atom. The van der Waals surface area contributed by atoms with Crippen LogP contribution in [0.25, 0.3) is 0 Å². The van der Waals surface area contributed by atoms with Crippen LogP contribution in [0.4, 0.5) is 0 Å². The summed E-state index contributed by atoms with van der Waals surface area (Å²) in [7, 11) is 0. The number of piperidine rings is 1. The number of hydrogen-bond acceptors (Lipinski definition) is 4. The lowest BCUT2D eigenvalue weighted by molar-refractivity contribution is -0.148. The average molecular weight is 371 g/mol. The number of hydrogen-bond donors (Lipinski definition) is 0. The van der Waals surface area contributed by atoms with E-state index in [1.807, 2.05) is 24.0 Å². The molecule has 0 bridgehead atoms. The molecule has 0 aromatic carbocycles. The number of nitrogens with zero attached hydrogens (tertiary/aromatic N) is 3. The number of aromatic nitrogens is 1. The summed E-state index contributed by atoms with van der Waals surface area (Å²) < 4.78 is 6.23. The first kappa shape index (κ1) is 18.4. The van der Waals surface area contributed by atoms with E-state index in [1.54, 1.807) is 13.1 Å². The topological polar surface area (TPSA) is 62.7 Å². The predicted octanol–water partition coefficient (Wildman–Crippen LogP) is 2.55. The molecule has 6 nitrogen and oxygen atoms in total. The lowest BCUT2D eigenvalue weighted by Crippen LogP contribution is -2.55. The first-order valence-corrected chi connectivity index (χ1v) is 10.1. The molecule has 4 rings (SSSR count). The summed E-state index contributed by atoms with van der Waals surface area (Å²) >= 11 is 0. The van der Waals surface area contributed by atoms with E-state index in [1.165, 1.54) is 0 Å². The van der Waals surface area contributed by atoms with Crippen molar-refractivity contribution in [2.75, 3.05) is 19.7 Å². The van der Waals surface area contributed by atoms with Crippen LogP contribution in [0.3, 0.4) is 0 Å². The minimum Gasteiger partial charge on any atom is -0.375 e. The number of carbonyl (C=O) groups excluding carboxylic acids is 2. The maximum absolute atomic E-state index is 12.7. The monoisotopic (exact) mass is 371 g/mol. The lowest BCUT2D eigenvalue weighted by atomic mass is 9.81. The summed E-state index contributed by atoms with van der Waals surface area (Å²) in [6.07, 6.45) is 7.44. The largest absolute Gasteiger partial charge is 0.375 e. The van der Waals surface area contributed by atoms with Gasteiger partial charge in [-0.25, -0.2) is 0 Å². The first-order chi connectivity index (χ1) is 13.0. The Labute approximate surface area is 160 Å². The van der Waals surface area contributed by atoms with Crippen molar-refractivity contribution in [1.82, 2.24) is 14.8 Å². The van der Waals surface area contributed by atoms with Crippen LogP contribution in [0.5, 0.6) is 0 Å². The smallest absolute Gasteiger partial charge is 0.255 e. The molecule has 3 aliphatic rings. The molecular formula is C21H29N3O3. The molecule has 1 unspecified atom stereocenters. The van der Waals surface area contributed by atoms with Gasteiger partial charge in [-0.2, -0.15) is 0 Å². The van der Waals surface area contributed by atoms with Gasteiger partial charge < -0.3 is 14.5 Å². The van der Waals surface area contributed by atoms with Crippen LogP contribution in [0, 0.1) is 6.92 Å². The summed E-state index contributed by atoms with van der Waals surface area (Å²) in [6, 6.07) is 4.45. The van der Waals surface area contributed by atoms with Crippen molar-refractivity contribution < 1.29 is 14.3 Å². The fraction of sp³-hybridized carbons (Fsp3) is 0.667. The molecule has 6 heteroatoms. The SMILES string of the molecule is CC(=O)N(C1CC1)C1CCOC2(CCN(C(=O)c3ccc(C)nc3)CC2)C1. The molecule has 2 amide bonds. The number of pyridine rings is 1. The second-order valence-corrected chi connectivity index (χ2v) is 8.32. The van der Waals surface area contributed by atoms with Gasteiger partial charge in [-0.15, -0.1) is 0 Å². The zero-order valence-electron chi connectivity index (χ0n) is 16.3. The lowest BCUT2D eigenvalue weighted by Gasteiger charge is -2.48. The second kappa shape index (κ2) is 7.23. The van der Waals surface area contributed by atoms with Crippen LogP contribution in [-0.2, 0) is 9.53 Å². The standard InChI is InChI=1S/C21H29N3O3/c1-15-3-4-17(14-22-15)20(26)23-10-8-21(9-11-23)13-19(7-12-27-21)24(16(2)25)18-5-6-18/h3-4,14,18-19H,5-13H2,1-2H3. The zero-order valence-corrected chi connectivity index (χ0v) is 16.3. The number of likely N-dealkylation sites (tertiary alicyclic amines) is 1. The molecule has 2 saturated heterocycles. The number of rotatable bonds is 3. The van der Waals surface area contributed by atoms with E-state index in [-0.39, 0.29) is 23.5 Å². The van der Waals surface area contributed by atoms with Crippen LogP contribution in [0.1, 0.15) is 61.5 Å². The summed E-state index contributed by atoms with van der Waals surface area (Å²) in [5, 5.41) is 0. The molecule has 3 heterocycles. The highest BCUT2D eigenvalue weighted by Crippen LogP contribution is 2.40. The van der Waals surface area contributed by atoms with E-state index in [2.05, 4.69) is 9.88 Å². The summed E-state index contributed by atoms with van der Waals surface area (Å²) in [5.74, 6) is 0.243. The maximum atomic E-state index is 12.7. The molecule has 27 heavy (non-hydrogen) atoms. The Morgan fingerprint density at radius 2 is 1.93 bits per heavy atom. The van der Waals surface area contributed by atoms with E-state index in [0.29, 0.717) is 31.3 Å². The summed E-state index contributed by atoms with van der Waals surface area (Å²) in [5.41, 5.74) is 1.38. The molecule has 1 spiro atoms. The van der Waals surface area contributed by atoms with Crippen molar-refractivity contribution in [2.45, 2.75) is 70.1 Å². The molecule has 0 N–H and O–H groups in total. The number of aryl methyl sites for hydroxylation is 1. The van der Waals surface area contributed by atoms with Gasteiger partial charge in [0, 0.05) is 50.6 Å². The maximum Gasteiger partial charge on any atom is 0.255 e. The molecule has 1 aromatic heterocycles. The fourth-order valence-electron chi connectivity index (χ4n) is 4.65. The molecule has 3 fully saturated rings. The number of amides is 2. The molecule has 1 atom stereocenters. The Balaban J connectivity index is 1.39. The number of ether oxygens (including phenoxy) is 1. The second-order valence-electron chi connectivity index (χ2n) is 8.32. The van der Waals surface area contributed by atoms with Gasteiger partial charge >= 0.3 is 0 Å². The van der Waals surface area contributed by atoms with Crippen molar-refractivity contribution in [3.05, 3.63) is 29.6 Å². The van der Waals surface area contributed by atoms with E-state index in [9.17, 15) is 9.59 Å². The van der Waals surface area contributed by atoms with E-state index >= 15 is 0 Å². The third-order valence-corrected chi connectivity index (χ3v) is 6.28. The summed E-state index contributed by atoms with van der Waals surface area (Å²) in [4.78, 5) is 33.1. The first-order valence-electron chi connectivity index (χ1n) is 10.1. The molecular weight excluding hydrogens is 342 g/mol. The van der Waals surface area contributed by atoms with Crippen molar-refractivity contribution >= 4 is 11.8 Å². The van der Waals surface area contributed by atoms with E-state index in [4.69, 9.17) is 4.74 Å². The third-order valence-electron chi connectivity index (χ3n) is 6.28. The Kier molecular flexibility index (Phi) is 4.93. The molecule has 146 valence electrons. The van der Waals surface area contributed by atoms with Crippen LogP contribution in [0.15, 0.2) is 18.3 Å². The van der Waals surface area contributed by atoms with Crippen molar-refractivity contribution in [3.8, 4) is 0 Å². The van der Waals surface area contributed by atoms with Gasteiger partial charge in [0.05, 0.1) is 11.2 Å². The highest BCUT2D eigenvalue weighted by Gasteiger charge is 2.45.